The van der Waals surface area contributed by atoms with Crippen LogP contribution in [0.25, 0.3) is 60.9 Å². The summed E-state index contributed by atoms with van der Waals surface area (Å²) in [7, 11) is 0. The van der Waals surface area contributed by atoms with Crippen LogP contribution in [0.4, 0.5) is 17.1 Å². The molecule has 0 aliphatic heterocycles. The van der Waals surface area contributed by atoms with Crippen molar-refractivity contribution in [3.63, 3.8) is 0 Å². The van der Waals surface area contributed by atoms with E-state index >= 15 is 0 Å². The van der Waals surface area contributed by atoms with E-state index in [4.69, 9.17) is 0 Å². The van der Waals surface area contributed by atoms with Crippen LogP contribution < -0.4 is 4.90 Å². The van der Waals surface area contributed by atoms with Crippen LogP contribution in [0.1, 0.15) is 0 Å². The molecular weight excluding hydrogens is 605 g/mol. The van der Waals surface area contributed by atoms with Gasteiger partial charge >= 0.3 is 0 Å². The van der Waals surface area contributed by atoms with Crippen molar-refractivity contribution >= 4 is 38.9 Å². The van der Waals surface area contributed by atoms with Crippen LogP contribution in [-0.4, -0.2) is 4.57 Å². The van der Waals surface area contributed by atoms with Crippen LogP contribution in [0.5, 0.6) is 0 Å². The third kappa shape index (κ3) is 5.43. The van der Waals surface area contributed by atoms with E-state index in [0.717, 1.165) is 22.7 Å². The second-order valence-electron chi connectivity index (χ2n) is 12.6. The molecule has 0 amide bonds. The Morgan fingerprint density at radius 2 is 0.700 bits per heavy atom. The van der Waals surface area contributed by atoms with Gasteiger partial charge in [-0.3, -0.25) is 0 Å². The monoisotopic (exact) mass is 638 g/mol. The maximum atomic E-state index is 2.41. The molecule has 2 heteroatoms. The van der Waals surface area contributed by atoms with Gasteiger partial charge in [0.15, 0.2) is 0 Å². The van der Waals surface area contributed by atoms with Gasteiger partial charge in [-0.1, -0.05) is 146 Å². The summed E-state index contributed by atoms with van der Waals surface area (Å²) in [6.45, 7) is 0. The second-order valence-corrected chi connectivity index (χ2v) is 12.6. The first-order valence-electron chi connectivity index (χ1n) is 17.1. The third-order valence-corrected chi connectivity index (χ3v) is 9.57. The van der Waals surface area contributed by atoms with Crippen LogP contribution >= 0.6 is 0 Å². The van der Waals surface area contributed by atoms with Crippen molar-refractivity contribution in [2.75, 3.05) is 4.90 Å². The molecule has 1 heterocycles. The number of nitrogens with zero attached hydrogens (tertiary/aromatic N) is 2. The number of fused-ring (bicyclic) bond motifs is 3. The minimum Gasteiger partial charge on any atom is -0.310 e. The summed E-state index contributed by atoms with van der Waals surface area (Å²) in [6.07, 6.45) is 0. The highest BCUT2D eigenvalue weighted by Crippen LogP contribution is 2.41. The molecule has 0 atom stereocenters. The molecule has 9 aromatic rings. The zero-order valence-corrected chi connectivity index (χ0v) is 27.5. The lowest BCUT2D eigenvalue weighted by atomic mass is 9.99. The molecule has 0 spiro atoms. The van der Waals surface area contributed by atoms with Gasteiger partial charge in [0.1, 0.15) is 0 Å². The van der Waals surface area contributed by atoms with Crippen LogP contribution in [0.3, 0.4) is 0 Å². The molecule has 0 aliphatic carbocycles. The molecule has 0 bridgehead atoms. The molecule has 1 aromatic heterocycles. The Balaban J connectivity index is 1.18. The van der Waals surface area contributed by atoms with Crippen molar-refractivity contribution in [1.29, 1.82) is 0 Å². The van der Waals surface area contributed by atoms with E-state index in [1.54, 1.807) is 0 Å². The van der Waals surface area contributed by atoms with Gasteiger partial charge in [0, 0.05) is 33.5 Å². The quantitative estimate of drug-likeness (QED) is 0.169. The number of anilines is 3. The Morgan fingerprint density at radius 1 is 0.280 bits per heavy atom. The zero-order chi connectivity index (χ0) is 33.3. The fourth-order valence-corrected chi connectivity index (χ4v) is 7.15. The van der Waals surface area contributed by atoms with E-state index in [1.807, 2.05) is 0 Å². The van der Waals surface area contributed by atoms with Gasteiger partial charge in [-0.2, -0.15) is 0 Å². The number of hydrogen-bond donors (Lipinski definition) is 0. The van der Waals surface area contributed by atoms with Crippen LogP contribution in [0, 0.1) is 0 Å². The van der Waals surface area contributed by atoms with Gasteiger partial charge in [0.25, 0.3) is 0 Å². The van der Waals surface area contributed by atoms with Crippen molar-refractivity contribution < 1.29 is 0 Å². The molecule has 0 fully saturated rings. The molecule has 0 aliphatic rings. The predicted octanol–water partition coefficient (Wildman–Crippen LogP) is 13.3. The van der Waals surface area contributed by atoms with Crippen molar-refractivity contribution in [3.8, 4) is 39.1 Å². The van der Waals surface area contributed by atoms with E-state index in [2.05, 4.69) is 216 Å². The molecule has 0 unspecified atom stereocenters. The predicted molar refractivity (Wildman–Crippen MR) is 212 cm³/mol. The second kappa shape index (κ2) is 12.8. The molecule has 50 heavy (non-hydrogen) atoms. The first kappa shape index (κ1) is 29.5. The summed E-state index contributed by atoms with van der Waals surface area (Å²) in [5, 5.41) is 2.47. The zero-order valence-electron chi connectivity index (χ0n) is 27.5. The summed E-state index contributed by atoms with van der Waals surface area (Å²) in [4.78, 5) is 2.35. The highest BCUT2D eigenvalue weighted by Gasteiger charge is 2.18. The SMILES string of the molecule is c1ccc(-c2cccc(-c3ccc(N(c4ccccc4)c4ccc5c6ccc(-c7ccccc7)cc6n(-c6ccccc6)c5c4)cc3)c2)cc1. The molecular formula is C48H34N2. The summed E-state index contributed by atoms with van der Waals surface area (Å²) >= 11 is 0. The molecule has 0 saturated carbocycles. The molecule has 0 radical (unpaired) electrons. The topological polar surface area (TPSA) is 8.17 Å². The third-order valence-electron chi connectivity index (χ3n) is 9.57. The lowest BCUT2D eigenvalue weighted by Gasteiger charge is -2.26. The number of para-hydroxylation sites is 2. The Kier molecular flexibility index (Phi) is 7.53. The Hall–Kier alpha value is -6.64. The first-order valence-corrected chi connectivity index (χ1v) is 17.1. The van der Waals surface area contributed by atoms with Crippen molar-refractivity contribution in [1.82, 2.24) is 4.57 Å². The minimum atomic E-state index is 1.10. The Morgan fingerprint density at radius 3 is 1.32 bits per heavy atom. The highest BCUT2D eigenvalue weighted by molar-refractivity contribution is 6.11. The van der Waals surface area contributed by atoms with Gasteiger partial charge in [0.05, 0.1) is 11.0 Å². The number of hydrogen-bond acceptors (Lipinski definition) is 1. The lowest BCUT2D eigenvalue weighted by molar-refractivity contribution is 1.18. The van der Waals surface area contributed by atoms with Crippen LogP contribution in [0.2, 0.25) is 0 Å². The Bertz CT molecular complexity index is 2550. The fraction of sp³-hybridized carbons (Fsp3) is 0. The van der Waals surface area contributed by atoms with Gasteiger partial charge in [-0.15, -0.1) is 0 Å². The summed E-state index contributed by atoms with van der Waals surface area (Å²) in [6, 6.07) is 74.0. The molecule has 0 N–H and O–H groups in total. The highest BCUT2D eigenvalue weighted by atomic mass is 15.1. The maximum Gasteiger partial charge on any atom is 0.0561 e. The summed E-state index contributed by atoms with van der Waals surface area (Å²) in [5.41, 5.74) is 14.1. The van der Waals surface area contributed by atoms with Crippen molar-refractivity contribution in [2.45, 2.75) is 0 Å². The molecule has 236 valence electrons. The lowest BCUT2D eigenvalue weighted by Crippen LogP contribution is -2.10. The number of rotatable bonds is 7. The number of aromatic nitrogens is 1. The van der Waals surface area contributed by atoms with E-state index in [-0.39, 0.29) is 0 Å². The molecule has 8 aromatic carbocycles. The van der Waals surface area contributed by atoms with E-state index in [9.17, 15) is 0 Å². The molecule has 2 nitrogen and oxygen atoms in total. The summed E-state index contributed by atoms with van der Waals surface area (Å²) in [5.74, 6) is 0. The average Bonchev–Trinajstić information content (AvgIpc) is 3.53. The number of benzene rings is 8. The maximum absolute atomic E-state index is 2.41. The minimum absolute atomic E-state index is 1.10. The largest absolute Gasteiger partial charge is 0.310 e. The smallest absolute Gasteiger partial charge is 0.0561 e. The van der Waals surface area contributed by atoms with E-state index in [0.29, 0.717) is 0 Å². The first-order chi connectivity index (χ1) is 24.8. The fourth-order valence-electron chi connectivity index (χ4n) is 7.15. The normalized spacial score (nSPS) is 11.2. The van der Waals surface area contributed by atoms with Crippen LogP contribution in [-0.2, 0) is 0 Å². The summed E-state index contributed by atoms with van der Waals surface area (Å²) < 4.78 is 2.41. The van der Waals surface area contributed by atoms with Gasteiger partial charge in [0.2, 0.25) is 0 Å². The van der Waals surface area contributed by atoms with Crippen LogP contribution in [0.15, 0.2) is 206 Å². The van der Waals surface area contributed by atoms with Gasteiger partial charge in [-0.05, 0) is 94.0 Å². The van der Waals surface area contributed by atoms with Gasteiger partial charge < -0.3 is 9.47 Å². The van der Waals surface area contributed by atoms with Crippen molar-refractivity contribution in [3.05, 3.63) is 206 Å². The molecule has 0 saturated heterocycles. The van der Waals surface area contributed by atoms with E-state index in [1.165, 1.54) is 55.2 Å². The van der Waals surface area contributed by atoms with Crippen molar-refractivity contribution in [2.24, 2.45) is 0 Å². The Labute approximate surface area is 292 Å². The average molecular weight is 639 g/mol. The van der Waals surface area contributed by atoms with E-state index < -0.39 is 0 Å². The molecule has 9 rings (SSSR count). The van der Waals surface area contributed by atoms with Gasteiger partial charge in [-0.25, -0.2) is 0 Å². The standard InChI is InChI=1S/C48H34N2/c1-5-14-35(15-6-1)38-18-13-19-39(32-38)37-24-27-43(28-25-37)49(41-20-9-3-10-21-41)44-29-31-46-45-30-26-40(36-16-7-2-8-17-36)33-47(45)50(48(46)34-44)42-22-11-4-12-23-42/h1-34H.